The van der Waals surface area contributed by atoms with Crippen LogP contribution in [0.2, 0.25) is 0 Å². The minimum atomic E-state index is -0.565. The highest BCUT2D eigenvalue weighted by Crippen LogP contribution is 2.35. The van der Waals surface area contributed by atoms with Crippen LogP contribution < -0.4 is 5.32 Å². The van der Waals surface area contributed by atoms with Crippen LogP contribution >= 0.6 is 11.3 Å². The Morgan fingerprint density at radius 2 is 1.95 bits per heavy atom. The molecular weight excluding hydrogens is 482 g/mol. The Morgan fingerprint density at radius 1 is 1.03 bits per heavy atom. The summed E-state index contributed by atoms with van der Waals surface area (Å²) in [5.41, 5.74) is 6.98. The number of fused-ring (bicyclic) bond motifs is 2. The van der Waals surface area contributed by atoms with Crippen LogP contribution in [-0.2, 0) is 0 Å². The van der Waals surface area contributed by atoms with E-state index >= 15 is 0 Å². The van der Waals surface area contributed by atoms with E-state index in [1.807, 2.05) is 24.4 Å². The van der Waals surface area contributed by atoms with Crippen molar-refractivity contribution in [3.63, 3.8) is 0 Å². The van der Waals surface area contributed by atoms with Gasteiger partial charge in [-0.05, 0) is 48.6 Å². The molecule has 8 nitrogen and oxygen atoms in total. The molecule has 1 fully saturated rings. The van der Waals surface area contributed by atoms with Crippen molar-refractivity contribution >= 4 is 39.0 Å². The molecule has 0 spiro atoms. The van der Waals surface area contributed by atoms with Gasteiger partial charge in [-0.15, -0.1) is 11.3 Å². The molecule has 6 aromatic heterocycles. The first-order chi connectivity index (χ1) is 18.2. The maximum absolute atomic E-state index is 10.6. The summed E-state index contributed by atoms with van der Waals surface area (Å²) in [6.07, 6.45) is 11.1. The third-order valence-corrected chi connectivity index (χ3v) is 8.12. The number of rotatable bonds is 6. The fraction of sp³-hybridized carbons (Fsp3) is 0.214. The van der Waals surface area contributed by atoms with E-state index in [0.717, 1.165) is 68.7 Å². The number of aliphatic hydroxyl groups is 1. The molecule has 6 aromatic rings. The number of pyridine rings is 3. The van der Waals surface area contributed by atoms with E-state index in [4.69, 9.17) is 0 Å². The van der Waals surface area contributed by atoms with Crippen LogP contribution in [0, 0.1) is 5.92 Å². The number of hydrogen-bond acceptors (Lipinski definition) is 7. The lowest BCUT2D eigenvalue weighted by atomic mass is 10.1. The quantitative estimate of drug-likeness (QED) is 0.199. The molecule has 1 atom stereocenters. The van der Waals surface area contributed by atoms with Gasteiger partial charge in [-0.1, -0.05) is 18.9 Å². The topological polar surface area (TPSA) is 115 Å². The maximum atomic E-state index is 10.6. The molecule has 6 heterocycles. The van der Waals surface area contributed by atoms with E-state index in [0.29, 0.717) is 0 Å². The van der Waals surface area contributed by atoms with Crippen LogP contribution in [0.1, 0.15) is 25.7 Å². The predicted octanol–water partition coefficient (Wildman–Crippen LogP) is 6.21. The zero-order valence-electron chi connectivity index (χ0n) is 20.0. The van der Waals surface area contributed by atoms with Crippen LogP contribution in [0.5, 0.6) is 0 Å². The van der Waals surface area contributed by atoms with Gasteiger partial charge >= 0.3 is 0 Å². The van der Waals surface area contributed by atoms with Crippen LogP contribution in [0.3, 0.4) is 0 Å². The third kappa shape index (κ3) is 4.06. The van der Waals surface area contributed by atoms with Crippen molar-refractivity contribution in [3.05, 3.63) is 66.6 Å². The van der Waals surface area contributed by atoms with Gasteiger partial charge in [0.15, 0.2) is 0 Å². The Kier molecular flexibility index (Phi) is 5.44. The number of H-pyrrole nitrogens is 2. The van der Waals surface area contributed by atoms with Gasteiger partial charge in [0.05, 0.1) is 35.0 Å². The molecule has 0 radical (unpaired) electrons. The Labute approximate surface area is 216 Å². The summed E-state index contributed by atoms with van der Waals surface area (Å²) >= 11 is 1.71. The molecule has 4 N–H and O–H groups in total. The van der Waals surface area contributed by atoms with E-state index in [2.05, 4.69) is 59.0 Å². The van der Waals surface area contributed by atoms with Crippen molar-refractivity contribution in [2.75, 3.05) is 5.32 Å². The lowest BCUT2D eigenvalue weighted by Crippen LogP contribution is -2.26. The molecular formula is C28H25N7OS. The van der Waals surface area contributed by atoms with E-state index in [-0.39, 0.29) is 5.92 Å². The fourth-order valence-electron chi connectivity index (χ4n) is 5.30. The molecule has 7 rings (SSSR count). The number of anilines is 1. The first-order valence-corrected chi connectivity index (χ1v) is 13.4. The number of thiophene rings is 1. The summed E-state index contributed by atoms with van der Waals surface area (Å²) in [5.74, 6) is 0.290. The summed E-state index contributed by atoms with van der Waals surface area (Å²) < 4.78 is 0. The smallest absolute Gasteiger partial charge is 0.138 e. The van der Waals surface area contributed by atoms with Gasteiger partial charge in [0, 0.05) is 45.1 Å². The van der Waals surface area contributed by atoms with Crippen LogP contribution in [0.25, 0.3) is 55.0 Å². The van der Waals surface area contributed by atoms with E-state index in [1.165, 1.54) is 17.7 Å². The molecule has 9 heteroatoms. The molecule has 0 aliphatic heterocycles. The zero-order chi connectivity index (χ0) is 24.8. The highest BCUT2D eigenvalue weighted by Gasteiger charge is 2.23. The molecule has 0 amide bonds. The van der Waals surface area contributed by atoms with E-state index in [1.54, 1.807) is 29.9 Å². The number of nitrogens with one attached hydrogen (secondary N) is 3. The van der Waals surface area contributed by atoms with E-state index in [9.17, 15) is 5.11 Å². The summed E-state index contributed by atoms with van der Waals surface area (Å²) in [6, 6.07) is 12.4. The number of aromatic nitrogens is 6. The lowest BCUT2D eigenvalue weighted by molar-refractivity contribution is 0.137. The summed E-state index contributed by atoms with van der Waals surface area (Å²) in [5, 5.41) is 25.7. The lowest BCUT2D eigenvalue weighted by Gasteiger charge is -2.20. The standard InChI is InChI=1S/C28H25N7OS/c36-28(16-4-1-2-5-16)32-18-10-17(13-29-14-18)22-12-21-24(15-31-22)34-35-26(21)23-11-20-19(25-6-3-9-37-25)7-8-30-27(20)33-23/h3,6-16,28,32,36H,1-2,4-5H2,(H,30,33)(H,34,35). The summed E-state index contributed by atoms with van der Waals surface area (Å²) in [7, 11) is 0. The van der Waals surface area contributed by atoms with Crippen molar-refractivity contribution in [3.8, 4) is 33.1 Å². The average molecular weight is 508 g/mol. The minimum Gasteiger partial charge on any atom is -0.374 e. The van der Waals surface area contributed by atoms with Gasteiger partial charge in [0.2, 0.25) is 0 Å². The molecule has 0 bridgehead atoms. The van der Waals surface area contributed by atoms with Crippen molar-refractivity contribution in [2.45, 2.75) is 31.9 Å². The first-order valence-electron chi connectivity index (χ1n) is 12.5. The molecule has 184 valence electrons. The van der Waals surface area contributed by atoms with Crippen molar-refractivity contribution in [1.29, 1.82) is 0 Å². The van der Waals surface area contributed by atoms with Crippen LogP contribution in [0.4, 0.5) is 5.69 Å². The van der Waals surface area contributed by atoms with Gasteiger partial charge in [0.1, 0.15) is 17.6 Å². The molecule has 0 aromatic carbocycles. The Bertz CT molecular complexity index is 1700. The van der Waals surface area contributed by atoms with Crippen LogP contribution in [-0.4, -0.2) is 41.5 Å². The Balaban J connectivity index is 1.24. The molecule has 37 heavy (non-hydrogen) atoms. The molecule has 1 unspecified atom stereocenters. The van der Waals surface area contributed by atoms with Gasteiger partial charge in [-0.3, -0.25) is 15.1 Å². The largest absolute Gasteiger partial charge is 0.374 e. The van der Waals surface area contributed by atoms with Gasteiger partial charge in [-0.25, -0.2) is 4.98 Å². The van der Waals surface area contributed by atoms with Gasteiger partial charge in [-0.2, -0.15) is 5.10 Å². The average Bonchev–Trinajstić information content (AvgIpc) is 3.74. The monoisotopic (exact) mass is 507 g/mol. The Morgan fingerprint density at radius 3 is 2.81 bits per heavy atom. The van der Waals surface area contributed by atoms with Crippen molar-refractivity contribution < 1.29 is 5.11 Å². The number of aliphatic hydroxyl groups excluding tert-OH is 1. The summed E-state index contributed by atoms with van der Waals surface area (Å²) in [6.45, 7) is 0. The van der Waals surface area contributed by atoms with Crippen LogP contribution in [0.15, 0.2) is 66.6 Å². The third-order valence-electron chi connectivity index (χ3n) is 7.22. The second-order valence-electron chi connectivity index (χ2n) is 9.56. The number of aromatic amines is 2. The minimum absolute atomic E-state index is 0.290. The van der Waals surface area contributed by atoms with Gasteiger partial charge < -0.3 is 15.4 Å². The maximum Gasteiger partial charge on any atom is 0.138 e. The van der Waals surface area contributed by atoms with E-state index < -0.39 is 6.23 Å². The van der Waals surface area contributed by atoms with Crippen molar-refractivity contribution in [1.82, 2.24) is 30.1 Å². The molecule has 1 aliphatic carbocycles. The highest BCUT2D eigenvalue weighted by atomic mass is 32.1. The first kappa shape index (κ1) is 22.1. The van der Waals surface area contributed by atoms with Gasteiger partial charge in [0.25, 0.3) is 0 Å². The predicted molar refractivity (Wildman–Crippen MR) is 147 cm³/mol. The zero-order valence-corrected chi connectivity index (χ0v) is 20.8. The summed E-state index contributed by atoms with van der Waals surface area (Å²) in [4.78, 5) is 18.3. The second-order valence-corrected chi connectivity index (χ2v) is 10.5. The molecule has 1 aliphatic rings. The number of nitrogens with zero attached hydrogens (tertiary/aromatic N) is 4. The second kappa shape index (κ2) is 9.10. The number of hydrogen-bond donors (Lipinski definition) is 4. The normalized spacial score (nSPS) is 15.1. The van der Waals surface area contributed by atoms with Crippen molar-refractivity contribution in [2.24, 2.45) is 5.92 Å². The SMILES string of the molecule is OC(Nc1cncc(-c2cc3c(-c4cc5c(-c6cccs6)ccnc5[nH]4)n[nH]c3cn2)c1)C1CCCC1. The Hall–Kier alpha value is -4.08. The molecule has 1 saturated carbocycles. The fourth-order valence-corrected chi connectivity index (χ4v) is 6.07. The molecule has 0 saturated heterocycles. The highest BCUT2D eigenvalue weighted by molar-refractivity contribution is 7.13.